The molecule has 0 aliphatic heterocycles. The lowest BCUT2D eigenvalue weighted by Gasteiger charge is -2.12. The van der Waals surface area contributed by atoms with Gasteiger partial charge in [-0.25, -0.2) is 9.37 Å². The molecule has 1 aromatic heterocycles. The normalized spacial score (nSPS) is 13.7. The highest BCUT2D eigenvalue weighted by atomic mass is 32.1. The SMILES string of the molecule is CNC(C)c1nc(C(C)c2ccc(-c3ccccc3)c(F)c2)cs1. The fraction of sp³-hybridized carbons (Fsp3) is 0.250. The second kappa shape index (κ2) is 7.24. The Morgan fingerprint density at radius 3 is 2.50 bits per heavy atom. The number of aromatic nitrogens is 1. The maximum absolute atomic E-state index is 14.6. The highest BCUT2D eigenvalue weighted by molar-refractivity contribution is 7.09. The van der Waals surface area contributed by atoms with Crippen molar-refractivity contribution in [2.75, 3.05) is 7.05 Å². The number of hydrogen-bond acceptors (Lipinski definition) is 3. The maximum Gasteiger partial charge on any atom is 0.131 e. The first kappa shape index (κ1) is 16.8. The molecule has 3 aromatic rings. The van der Waals surface area contributed by atoms with E-state index < -0.39 is 0 Å². The van der Waals surface area contributed by atoms with Crippen LogP contribution in [0.15, 0.2) is 53.9 Å². The average Bonchev–Trinajstić information content (AvgIpc) is 3.11. The topological polar surface area (TPSA) is 24.9 Å². The first-order valence-electron chi connectivity index (χ1n) is 8.07. The molecule has 0 aliphatic rings. The number of nitrogens with zero attached hydrogens (tertiary/aromatic N) is 1. The van der Waals surface area contributed by atoms with E-state index >= 15 is 0 Å². The van der Waals surface area contributed by atoms with Gasteiger partial charge in [0.05, 0.1) is 11.7 Å². The molecular formula is C20H21FN2S. The summed E-state index contributed by atoms with van der Waals surface area (Å²) in [7, 11) is 1.92. The third-order valence-electron chi connectivity index (χ3n) is 4.36. The molecule has 3 rings (SSSR count). The summed E-state index contributed by atoms with van der Waals surface area (Å²) in [6, 6.07) is 15.3. The van der Waals surface area contributed by atoms with Gasteiger partial charge in [-0.2, -0.15) is 0 Å². The van der Waals surface area contributed by atoms with Crippen molar-refractivity contribution >= 4 is 11.3 Å². The molecular weight excluding hydrogens is 319 g/mol. The van der Waals surface area contributed by atoms with Crippen molar-refractivity contribution < 1.29 is 4.39 Å². The monoisotopic (exact) mass is 340 g/mol. The van der Waals surface area contributed by atoms with E-state index in [4.69, 9.17) is 4.98 Å². The number of benzene rings is 2. The molecule has 2 unspecified atom stereocenters. The zero-order valence-electron chi connectivity index (χ0n) is 14.1. The van der Waals surface area contributed by atoms with Crippen molar-refractivity contribution in [3.8, 4) is 11.1 Å². The quantitative estimate of drug-likeness (QED) is 0.674. The van der Waals surface area contributed by atoms with Crippen LogP contribution in [-0.4, -0.2) is 12.0 Å². The largest absolute Gasteiger partial charge is 0.311 e. The van der Waals surface area contributed by atoms with E-state index in [0.717, 1.165) is 21.8 Å². The minimum Gasteiger partial charge on any atom is -0.311 e. The summed E-state index contributed by atoms with van der Waals surface area (Å²) < 4.78 is 14.6. The van der Waals surface area contributed by atoms with Gasteiger partial charge in [-0.05, 0) is 31.2 Å². The molecule has 1 N–H and O–H groups in total. The highest BCUT2D eigenvalue weighted by Crippen LogP contribution is 2.31. The lowest BCUT2D eigenvalue weighted by molar-refractivity contribution is 0.626. The van der Waals surface area contributed by atoms with Crippen LogP contribution >= 0.6 is 11.3 Å². The van der Waals surface area contributed by atoms with Crippen molar-refractivity contribution in [1.29, 1.82) is 0 Å². The Hall–Kier alpha value is -2.04. The van der Waals surface area contributed by atoms with E-state index in [1.165, 1.54) is 0 Å². The van der Waals surface area contributed by atoms with E-state index in [2.05, 4.69) is 24.5 Å². The van der Waals surface area contributed by atoms with Crippen molar-refractivity contribution in [3.63, 3.8) is 0 Å². The Labute approximate surface area is 146 Å². The molecule has 0 fully saturated rings. The lowest BCUT2D eigenvalue weighted by atomic mass is 9.95. The molecule has 24 heavy (non-hydrogen) atoms. The van der Waals surface area contributed by atoms with Crippen LogP contribution in [0.3, 0.4) is 0 Å². The van der Waals surface area contributed by atoms with Crippen LogP contribution in [0, 0.1) is 5.82 Å². The minimum absolute atomic E-state index is 0.0679. The molecule has 0 amide bonds. The highest BCUT2D eigenvalue weighted by Gasteiger charge is 2.16. The third-order valence-corrected chi connectivity index (χ3v) is 5.41. The summed E-state index contributed by atoms with van der Waals surface area (Å²) in [4.78, 5) is 4.70. The van der Waals surface area contributed by atoms with Gasteiger partial charge in [-0.3, -0.25) is 0 Å². The van der Waals surface area contributed by atoms with Gasteiger partial charge in [0, 0.05) is 16.9 Å². The Bertz CT molecular complexity index is 814. The van der Waals surface area contributed by atoms with Crippen molar-refractivity contribution in [2.24, 2.45) is 0 Å². The predicted octanol–water partition coefficient (Wildman–Crippen LogP) is 5.38. The van der Waals surface area contributed by atoms with Gasteiger partial charge < -0.3 is 5.32 Å². The van der Waals surface area contributed by atoms with Crippen LogP contribution in [0.25, 0.3) is 11.1 Å². The number of thiazole rings is 1. The first-order chi connectivity index (χ1) is 11.6. The van der Waals surface area contributed by atoms with Crippen molar-refractivity contribution in [2.45, 2.75) is 25.8 Å². The van der Waals surface area contributed by atoms with Crippen LogP contribution in [0.4, 0.5) is 4.39 Å². The lowest BCUT2D eigenvalue weighted by Crippen LogP contribution is -2.12. The zero-order chi connectivity index (χ0) is 17.1. The summed E-state index contributed by atoms with van der Waals surface area (Å²) >= 11 is 1.64. The Balaban J connectivity index is 1.87. The zero-order valence-corrected chi connectivity index (χ0v) is 14.9. The molecule has 0 radical (unpaired) electrons. The van der Waals surface area contributed by atoms with Crippen LogP contribution in [0.5, 0.6) is 0 Å². The summed E-state index contributed by atoms with van der Waals surface area (Å²) in [6.07, 6.45) is 0. The number of halogens is 1. The van der Waals surface area contributed by atoms with Crippen LogP contribution in [-0.2, 0) is 0 Å². The fourth-order valence-electron chi connectivity index (χ4n) is 2.65. The summed E-state index contributed by atoms with van der Waals surface area (Å²) in [5.74, 6) is -0.122. The van der Waals surface area contributed by atoms with Gasteiger partial charge in [0.25, 0.3) is 0 Å². The van der Waals surface area contributed by atoms with E-state index in [0.29, 0.717) is 5.56 Å². The van der Waals surface area contributed by atoms with Crippen LogP contribution < -0.4 is 5.32 Å². The molecule has 0 spiro atoms. The summed E-state index contributed by atoms with van der Waals surface area (Å²) in [6.45, 7) is 4.15. The molecule has 0 saturated heterocycles. The molecule has 0 saturated carbocycles. The number of rotatable bonds is 5. The molecule has 0 aliphatic carbocycles. The van der Waals surface area contributed by atoms with Gasteiger partial charge in [0.15, 0.2) is 0 Å². The van der Waals surface area contributed by atoms with Crippen molar-refractivity contribution in [1.82, 2.24) is 10.3 Å². The van der Waals surface area contributed by atoms with Crippen LogP contribution in [0.1, 0.15) is 42.1 Å². The van der Waals surface area contributed by atoms with E-state index in [9.17, 15) is 4.39 Å². The maximum atomic E-state index is 14.6. The Morgan fingerprint density at radius 2 is 1.83 bits per heavy atom. The van der Waals surface area contributed by atoms with Crippen molar-refractivity contribution in [3.05, 3.63) is 76.0 Å². The predicted molar refractivity (Wildman–Crippen MR) is 98.9 cm³/mol. The molecule has 1 heterocycles. The van der Waals surface area contributed by atoms with E-state index in [1.807, 2.05) is 49.5 Å². The molecule has 2 aromatic carbocycles. The third kappa shape index (κ3) is 3.40. The molecule has 2 nitrogen and oxygen atoms in total. The average molecular weight is 340 g/mol. The first-order valence-corrected chi connectivity index (χ1v) is 8.95. The van der Waals surface area contributed by atoms with E-state index in [-0.39, 0.29) is 17.8 Å². The molecule has 2 atom stereocenters. The number of nitrogens with one attached hydrogen (secondary N) is 1. The van der Waals surface area contributed by atoms with E-state index in [1.54, 1.807) is 17.4 Å². The molecule has 4 heteroatoms. The Kier molecular flexibility index (Phi) is 5.07. The van der Waals surface area contributed by atoms with Gasteiger partial charge >= 0.3 is 0 Å². The minimum atomic E-state index is -0.190. The second-order valence-electron chi connectivity index (χ2n) is 5.95. The Morgan fingerprint density at radius 1 is 1.08 bits per heavy atom. The standard InChI is InChI=1S/C20H21FN2S/c1-13(19-12-24-20(23-19)14(2)22-3)16-9-10-17(18(21)11-16)15-7-5-4-6-8-15/h4-14,22H,1-3H3. The fourth-order valence-corrected chi connectivity index (χ4v) is 3.62. The molecule has 124 valence electrons. The van der Waals surface area contributed by atoms with Gasteiger partial charge in [0.2, 0.25) is 0 Å². The number of hydrogen-bond donors (Lipinski definition) is 1. The molecule has 0 bridgehead atoms. The van der Waals surface area contributed by atoms with Crippen LogP contribution in [0.2, 0.25) is 0 Å². The summed E-state index contributed by atoms with van der Waals surface area (Å²) in [5.41, 5.74) is 3.47. The second-order valence-corrected chi connectivity index (χ2v) is 6.84. The van der Waals surface area contributed by atoms with Gasteiger partial charge in [-0.15, -0.1) is 11.3 Å². The summed E-state index contributed by atoms with van der Waals surface area (Å²) in [5, 5.41) is 6.32. The van der Waals surface area contributed by atoms with Gasteiger partial charge in [-0.1, -0.05) is 49.4 Å². The van der Waals surface area contributed by atoms with Gasteiger partial charge in [0.1, 0.15) is 10.8 Å². The smallest absolute Gasteiger partial charge is 0.131 e.